The van der Waals surface area contributed by atoms with Crippen LogP contribution in [-0.2, 0) is 20.1 Å². The van der Waals surface area contributed by atoms with E-state index in [9.17, 15) is 0 Å². The number of anilines is 1. The van der Waals surface area contributed by atoms with Gasteiger partial charge in [-0.15, -0.1) is 0 Å². The molecule has 0 bridgehead atoms. The lowest BCUT2D eigenvalue weighted by Gasteiger charge is -2.18. The zero-order valence-electron chi connectivity index (χ0n) is 12.0. The van der Waals surface area contributed by atoms with Crippen molar-refractivity contribution >= 4 is 5.82 Å². The Balaban J connectivity index is 2.10. The quantitative estimate of drug-likeness (QED) is 0.883. The zero-order chi connectivity index (χ0) is 13.8. The van der Waals surface area contributed by atoms with Crippen molar-refractivity contribution < 1.29 is 0 Å². The minimum Gasteiger partial charge on any atom is -0.355 e. The molecule has 0 fully saturated rings. The topological polar surface area (TPSA) is 46.0 Å². The van der Waals surface area contributed by atoms with Gasteiger partial charge in [-0.2, -0.15) is 5.10 Å². The first-order valence-corrected chi connectivity index (χ1v) is 6.40. The largest absolute Gasteiger partial charge is 0.355 e. The summed E-state index contributed by atoms with van der Waals surface area (Å²) in [7, 11) is 5.92. The summed E-state index contributed by atoms with van der Waals surface area (Å²) in [5.41, 5.74) is 3.50. The van der Waals surface area contributed by atoms with Crippen LogP contribution in [0.25, 0.3) is 0 Å². The molecule has 2 aromatic rings. The molecular weight excluding hydrogens is 238 g/mol. The summed E-state index contributed by atoms with van der Waals surface area (Å²) >= 11 is 0. The van der Waals surface area contributed by atoms with Gasteiger partial charge >= 0.3 is 0 Å². The lowest BCUT2D eigenvalue weighted by molar-refractivity contribution is 0.766. The zero-order valence-corrected chi connectivity index (χ0v) is 12.0. The first-order valence-electron chi connectivity index (χ1n) is 6.40. The van der Waals surface area contributed by atoms with Gasteiger partial charge in [0.1, 0.15) is 5.82 Å². The fourth-order valence-electron chi connectivity index (χ4n) is 2.07. The Morgan fingerprint density at radius 1 is 1.37 bits per heavy atom. The van der Waals surface area contributed by atoms with Crippen LogP contribution in [0.3, 0.4) is 0 Å². The molecule has 0 aliphatic rings. The maximum Gasteiger partial charge on any atom is 0.128 e. The summed E-state index contributed by atoms with van der Waals surface area (Å²) in [6.45, 7) is 3.71. The van der Waals surface area contributed by atoms with Gasteiger partial charge < -0.3 is 10.2 Å². The normalized spacial score (nSPS) is 10.7. The van der Waals surface area contributed by atoms with E-state index in [-0.39, 0.29) is 0 Å². The summed E-state index contributed by atoms with van der Waals surface area (Å²) < 4.78 is 1.82. The second-order valence-electron chi connectivity index (χ2n) is 4.82. The van der Waals surface area contributed by atoms with Crippen LogP contribution in [0.4, 0.5) is 5.82 Å². The van der Waals surface area contributed by atoms with Crippen LogP contribution in [0.15, 0.2) is 24.5 Å². The highest BCUT2D eigenvalue weighted by molar-refractivity contribution is 5.41. The highest BCUT2D eigenvalue weighted by Crippen LogP contribution is 2.15. The monoisotopic (exact) mass is 259 g/mol. The molecule has 1 N–H and O–H groups in total. The number of rotatable bonds is 5. The number of hydrogen-bond acceptors (Lipinski definition) is 4. The molecule has 5 heteroatoms. The number of nitrogens with one attached hydrogen (secondary N) is 1. The number of aryl methyl sites for hydroxylation is 2. The molecule has 2 aromatic heterocycles. The van der Waals surface area contributed by atoms with Gasteiger partial charge in [-0.05, 0) is 25.6 Å². The summed E-state index contributed by atoms with van der Waals surface area (Å²) in [6.07, 6.45) is 3.91. The molecule has 0 saturated carbocycles. The van der Waals surface area contributed by atoms with Gasteiger partial charge in [0.05, 0.1) is 6.20 Å². The highest BCUT2D eigenvalue weighted by atomic mass is 15.2. The third-order valence-corrected chi connectivity index (χ3v) is 3.12. The molecule has 0 amide bonds. The van der Waals surface area contributed by atoms with Crippen molar-refractivity contribution in [2.24, 2.45) is 7.05 Å². The van der Waals surface area contributed by atoms with Crippen LogP contribution in [0, 0.1) is 6.92 Å². The molecular formula is C14H21N5. The van der Waals surface area contributed by atoms with Crippen molar-refractivity contribution in [1.82, 2.24) is 20.1 Å². The Morgan fingerprint density at radius 2 is 2.16 bits per heavy atom. The van der Waals surface area contributed by atoms with Gasteiger partial charge in [0.15, 0.2) is 0 Å². The number of pyridine rings is 1. The van der Waals surface area contributed by atoms with Crippen molar-refractivity contribution in [3.8, 4) is 0 Å². The van der Waals surface area contributed by atoms with E-state index >= 15 is 0 Å². The van der Waals surface area contributed by atoms with Gasteiger partial charge in [0.25, 0.3) is 0 Å². The lowest BCUT2D eigenvalue weighted by Crippen LogP contribution is -2.18. The lowest BCUT2D eigenvalue weighted by atomic mass is 10.2. The third kappa shape index (κ3) is 3.32. The van der Waals surface area contributed by atoms with Gasteiger partial charge in [0, 0.05) is 44.6 Å². The average Bonchev–Trinajstić information content (AvgIpc) is 2.77. The second kappa shape index (κ2) is 5.84. The fraction of sp³-hybridized carbons (Fsp3) is 0.429. The Bertz CT molecular complexity index is 547. The third-order valence-electron chi connectivity index (χ3n) is 3.12. The standard InChI is InChI=1S/C14H21N5/c1-11-13(8-15-2)5-6-14(17-11)18(3)9-12-7-16-19(4)10-12/h5-7,10,15H,8-9H2,1-4H3. The second-order valence-corrected chi connectivity index (χ2v) is 4.82. The first kappa shape index (κ1) is 13.5. The van der Waals surface area contributed by atoms with Crippen LogP contribution < -0.4 is 10.2 Å². The van der Waals surface area contributed by atoms with Crippen molar-refractivity contribution in [3.05, 3.63) is 41.3 Å². The predicted octanol–water partition coefficient (Wildman–Crippen LogP) is 1.48. The van der Waals surface area contributed by atoms with Gasteiger partial charge in [-0.25, -0.2) is 4.98 Å². The SMILES string of the molecule is CNCc1ccc(N(C)Cc2cnn(C)c2)nc1C. The van der Waals surface area contributed by atoms with Crippen LogP contribution in [0.2, 0.25) is 0 Å². The molecule has 5 nitrogen and oxygen atoms in total. The van der Waals surface area contributed by atoms with E-state index in [0.717, 1.165) is 24.6 Å². The number of nitrogens with zero attached hydrogens (tertiary/aromatic N) is 4. The molecule has 2 rings (SSSR count). The van der Waals surface area contributed by atoms with Crippen molar-refractivity contribution in [2.45, 2.75) is 20.0 Å². The molecule has 19 heavy (non-hydrogen) atoms. The smallest absolute Gasteiger partial charge is 0.128 e. The minimum atomic E-state index is 0.811. The maximum atomic E-state index is 4.65. The van der Waals surface area contributed by atoms with Crippen LogP contribution in [0.1, 0.15) is 16.8 Å². The predicted molar refractivity (Wildman–Crippen MR) is 77.1 cm³/mol. The Hall–Kier alpha value is -1.88. The average molecular weight is 259 g/mol. The fourth-order valence-corrected chi connectivity index (χ4v) is 2.07. The van der Waals surface area contributed by atoms with E-state index in [2.05, 4.69) is 32.4 Å². The minimum absolute atomic E-state index is 0.811. The number of hydrogen-bond donors (Lipinski definition) is 1. The summed E-state index contributed by atoms with van der Waals surface area (Å²) in [5.74, 6) is 0.987. The van der Waals surface area contributed by atoms with Gasteiger partial charge in [-0.3, -0.25) is 4.68 Å². The molecule has 102 valence electrons. The van der Waals surface area contributed by atoms with Gasteiger partial charge in [0.2, 0.25) is 0 Å². The van der Waals surface area contributed by atoms with Crippen LogP contribution in [-0.4, -0.2) is 28.9 Å². The highest BCUT2D eigenvalue weighted by Gasteiger charge is 2.07. The Labute approximate surface area is 114 Å². The van der Waals surface area contributed by atoms with Crippen molar-refractivity contribution in [2.75, 3.05) is 19.0 Å². The van der Waals surface area contributed by atoms with E-state index in [1.807, 2.05) is 45.1 Å². The van der Waals surface area contributed by atoms with E-state index in [0.29, 0.717) is 0 Å². The van der Waals surface area contributed by atoms with E-state index < -0.39 is 0 Å². The van der Waals surface area contributed by atoms with Crippen LogP contribution >= 0.6 is 0 Å². The molecule has 2 heterocycles. The van der Waals surface area contributed by atoms with Gasteiger partial charge in [-0.1, -0.05) is 6.07 Å². The summed E-state index contributed by atoms with van der Waals surface area (Å²) in [6, 6.07) is 4.20. The first-order chi connectivity index (χ1) is 9.10. The van der Waals surface area contributed by atoms with E-state index in [1.165, 1.54) is 11.1 Å². The molecule has 0 spiro atoms. The molecule has 0 aliphatic heterocycles. The summed E-state index contributed by atoms with van der Waals surface area (Å²) in [4.78, 5) is 6.79. The Morgan fingerprint density at radius 3 is 2.74 bits per heavy atom. The Kier molecular flexibility index (Phi) is 4.16. The van der Waals surface area contributed by atoms with Crippen LogP contribution in [0.5, 0.6) is 0 Å². The molecule has 0 saturated heterocycles. The van der Waals surface area contributed by atoms with Crippen molar-refractivity contribution in [1.29, 1.82) is 0 Å². The van der Waals surface area contributed by atoms with E-state index in [4.69, 9.17) is 0 Å². The summed E-state index contributed by atoms with van der Waals surface area (Å²) in [5, 5.41) is 7.33. The number of aromatic nitrogens is 3. The maximum absolute atomic E-state index is 4.65. The molecule has 0 radical (unpaired) electrons. The van der Waals surface area contributed by atoms with Crippen molar-refractivity contribution in [3.63, 3.8) is 0 Å². The molecule has 0 unspecified atom stereocenters. The molecule has 0 atom stereocenters. The molecule has 0 aromatic carbocycles. The molecule has 0 aliphatic carbocycles. The van der Waals surface area contributed by atoms with E-state index in [1.54, 1.807) is 0 Å².